The van der Waals surface area contributed by atoms with Gasteiger partial charge in [0.1, 0.15) is 0 Å². The third-order valence-corrected chi connectivity index (χ3v) is 4.00. The van der Waals surface area contributed by atoms with Crippen molar-refractivity contribution in [2.24, 2.45) is 11.3 Å². The van der Waals surface area contributed by atoms with Crippen LogP contribution < -0.4 is 0 Å². The smallest absolute Gasteiger partial charge is 0.306 e. The van der Waals surface area contributed by atoms with Gasteiger partial charge in [-0.2, -0.15) is 0 Å². The van der Waals surface area contributed by atoms with Crippen LogP contribution in [0, 0.1) is 11.3 Å². The molecular formula is C13H25NO2. The summed E-state index contributed by atoms with van der Waals surface area (Å²) in [6.07, 6.45) is 4.06. The highest BCUT2D eigenvalue weighted by Crippen LogP contribution is 2.26. The Labute approximate surface area is 98.8 Å². The van der Waals surface area contributed by atoms with Gasteiger partial charge < -0.3 is 10.0 Å². The third-order valence-electron chi connectivity index (χ3n) is 4.00. The molecule has 16 heavy (non-hydrogen) atoms. The lowest BCUT2D eigenvalue weighted by atomic mass is 9.86. The minimum absolute atomic E-state index is 0.101. The molecule has 1 rings (SSSR count). The molecule has 3 heteroatoms. The van der Waals surface area contributed by atoms with Crippen molar-refractivity contribution in [3.8, 4) is 0 Å². The second-order valence-corrected chi connectivity index (χ2v) is 5.72. The van der Waals surface area contributed by atoms with Crippen molar-refractivity contribution in [1.29, 1.82) is 0 Å². The molecule has 0 unspecified atom stereocenters. The van der Waals surface area contributed by atoms with Gasteiger partial charge in [-0.25, -0.2) is 0 Å². The number of carboxylic acids is 1. The maximum absolute atomic E-state index is 10.8. The van der Waals surface area contributed by atoms with E-state index < -0.39 is 5.97 Å². The van der Waals surface area contributed by atoms with Crippen LogP contribution in [0.5, 0.6) is 0 Å². The molecule has 94 valence electrons. The summed E-state index contributed by atoms with van der Waals surface area (Å²) in [7, 11) is 0. The molecule has 0 amide bonds. The summed E-state index contributed by atoms with van der Waals surface area (Å²) in [5.41, 5.74) is 0.420. The Morgan fingerprint density at radius 3 is 2.38 bits per heavy atom. The van der Waals surface area contributed by atoms with Gasteiger partial charge in [0.15, 0.2) is 0 Å². The molecule has 1 aliphatic heterocycles. The predicted octanol–water partition coefficient (Wildman–Crippen LogP) is 2.61. The molecule has 0 radical (unpaired) electrons. The van der Waals surface area contributed by atoms with E-state index in [4.69, 9.17) is 5.11 Å². The lowest BCUT2D eigenvalue weighted by molar-refractivity contribution is -0.143. The Morgan fingerprint density at radius 2 is 1.94 bits per heavy atom. The van der Waals surface area contributed by atoms with Crippen molar-refractivity contribution >= 4 is 5.97 Å². The molecule has 0 aromatic heterocycles. The van der Waals surface area contributed by atoms with E-state index in [-0.39, 0.29) is 5.92 Å². The minimum atomic E-state index is -0.617. The van der Waals surface area contributed by atoms with Crippen LogP contribution in [0.25, 0.3) is 0 Å². The first-order valence-corrected chi connectivity index (χ1v) is 6.40. The number of carbonyl (C=O) groups is 1. The van der Waals surface area contributed by atoms with Crippen LogP contribution in [0.2, 0.25) is 0 Å². The summed E-state index contributed by atoms with van der Waals surface area (Å²) >= 11 is 0. The number of hydrogen-bond donors (Lipinski definition) is 1. The molecule has 3 nitrogen and oxygen atoms in total. The number of carboxylic acid groups (broad SMARTS) is 1. The third kappa shape index (κ3) is 4.12. The first-order chi connectivity index (χ1) is 7.44. The van der Waals surface area contributed by atoms with Crippen molar-refractivity contribution in [2.75, 3.05) is 19.6 Å². The van der Waals surface area contributed by atoms with Crippen LogP contribution in [0.3, 0.4) is 0 Å². The van der Waals surface area contributed by atoms with Gasteiger partial charge in [0.2, 0.25) is 0 Å². The molecule has 0 aromatic carbocycles. The zero-order valence-electron chi connectivity index (χ0n) is 10.8. The molecule has 0 bridgehead atoms. The molecule has 1 fully saturated rings. The Morgan fingerprint density at radius 1 is 1.38 bits per heavy atom. The van der Waals surface area contributed by atoms with E-state index in [1.807, 2.05) is 0 Å². The molecule has 1 saturated heterocycles. The van der Waals surface area contributed by atoms with E-state index in [0.717, 1.165) is 32.5 Å². The summed E-state index contributed by atoms with van der Waals surface area (Å²) in [4.78, 5) is 13.2. The second-order valence-electron chi connectivity index (χ2n) is 5.72. The summed E-state index contributed by atoms with van der Waals surface area (Å²) in [5, 5.41) is 8.90. The van der Waals surface area contributed by atoms with Gasteiger partial charge in [0.25, 0.3) is 0 Å². The van der Waals surface area contributed by atoms with Crippen LogP contribution in [-0.2, 0) is 4.79 Å². The van der Waals surface area contributed by atoms with Gasteiger partial charge in [-0.3, -0.25) is 4.79 Å². The van der Waals surface area contributed by atoms with Crippen molar-refractivity contribution < 1.29 is 9.90 Å². The molecule has 0 spiro atoms. The topological polar surface area (TPSA) is 40.5 Å². The van der Waals surface area contributed by atoms with Gasteiger partial charge in [0.05, 0.1) is 5.92 Å². The average Bonchev–Trinajstić information content (AvgIpc) is 2.27. The second kappa shape index (κ2) is 5.67. The fourth-order valence-corrected chi connectivity index (χ4v) is 2.04. The van der Waals surface area contributed by atoms with Gasteiger partial charge >= 0.3 is 5.97 Å². The molecule has 1 aliphatic rings. The first kappa shape index (κ1) is 13.5. The Hall–Kier alpha value is -0.570. The van der Waals surface area contributed by atoms with E-state index in [2.05, 4.69) is 25.7 Å². The zero-order valence-corrected chi connectivity index (χ0v) is 10.8. The quantitative estimate of drug-likeness (QED) is 0.785. The summed E-state index contributed by atoms with van der Waals surface area (Å²) < 4.78 is 0. The van der Waals surface area contributed by atoms with Crippen molar-refractivity contribution in [3.63, 3.8) is 0 Å². The summed E-state index contributed by atoms with van der Waals surface area (Å²) in [6, 6.07) is 0. The highest BCUT2D eigenvalue weighted by atomic mass is 16.4. The average molecular weight is 227 g/mol. The van der Waals surface area contributed by atoms with Crippen LogP contribution >= 0.6 is 0 Å². The molecule has 0 atom stereocenters. The highest BCUT2D eigenvalue weighted by Gasteiger charge is 2.25. The lowest BCUT2D eigenvalue weighted by Crippen LogP contribution is -2.38. The fraction of sp³-hybridized carbons (Fsp3) is 0.923. The highest BCUT2D eigenvalue weighted by molar-refractivity contribution is 5.70. The van der Waals surface area contributed by atoms with E-state index in [1.54, 1.807) is 0 Å². The molecule has 0 aromatic rings. The summed E-state index contributed by atoms with van der Waals surface area (Å²) in [6.45, 7) is 9.87. The van der Waals surface area contributed by atoms with Crippen LogP contribution in [0.15, 0.2) is 0 Å². The Bertz CT molecular complexity index is 230. The number of aliphatic carboxylic acids is 1. The maximum atomic E-state index is 10.8. The molecule has 1 N–H and O–H groups in total. The van der Waals surface area contributed by atoms with Crippen molar-refractivity contribution in [1.82, 2.24) is 4.90 Å². The predicted molar refractivity (Wildman–Crippen MR) is 65.5 cm³/mol. The molecular weight excluding hydrogens is 202 g/mol. The number of hydrogen-bond acceptors (Lipinski definition) is 2. The van der Waals surface area contributed by atoms with Crippen LogP contribution in [0.1, 0.15) is 46.5 Å². The van der Waals surface area contributed by atoms with Gasteiger partial charge in [0, 0.05) is 0 Å². The number of rotatable bonds is 5. The Kier molecular flexibility index (Phi) is 4.78. The zero-order chi connectivity index (χ0) is 12.2. The minimum Gasteiger partial charge on any atom is -0.481 e. The van der Waals surface area contributed by atoms with E-state index >= 15 is 0 Å². The number of nitrogens with zero attached hydrogens (tertiary/aromatic N) is 1. The fourth-order valence-electron chi connectivity index (χ4n) is 2.04. The SMILES string of the molecule is CCC(C)(C)CCN1CCC(C(=O)O)CC1. The van der Waals surface area contributed by atoms with Crippen LogP contribution in [0.4, 0.5) is 0 Å². The van der Waals surface area contributed by atoms with Gasteiger partial charge in [-0.1, -0.05) is 27.2 Å². The normalized spacial score (nSPS) is 19.9. The van der Waals surface area contributed by atoms with E-state index in [0.29, 0.717) is 5.41 Å². The van der Waals surface area contributed by atoms with Gasteiger partial charge in [-0.15, -0.1) is 0 Å². The maximum Gasteiger partial charge on any atom is 0.306 e. The molecule has 1 heterocycles. The van der Waals surface area contributed by atoms with Crippen LogP contribution in [-0.4, -0.2) is 35.6 Å². The van der Waals surface area contributed by atoms with Gasteiger partial charge in [-0.05, 0) is 44.3 Å². The Balaban J connectivity index is 2.25. The van der Waals surface area contributed by atoms with Crippen molar-refractivity contribution in [2.45, 2.75) is 46.5 Å². The first-order valence-electron chi connectivity index (χ1n) is 6.40. The summed E-state index contributed by atoms with van der Waals surface area (Å²) in [5.74, 6) is -0.719. The monoisotopic (exact) mass is 227 g/mol. The van der Waals surface area contributed by atoms with Crippen molar-refractivity contribution in [3.05, 3.63) is 0 Å². The number of piperidine rings is 1. The molecule has 0 aliphatic carbocycles. The lowest BCUT2D eigenvalue weighted by Gasteiger charge is -2.33. The standard InChI is InChI=1S/C13H25NO2/c1-4-13(2,3)7-10-14-8-5-11(6-9-14)12(15)16/h11H,4-10H2,1-3H3,(H,15,16). The van der Waals surface area contributed by atoms with E-state index in [9.17, 15) is 4.79 Å². The number of likely N-dealkylation sites (tertiary alicyclic amines) is 1. The van der Waals surface area contributed by atoms with E-state index in [1.165, 1.54) is 12.8 Å². The largest absolute Gasteiger partial charge is 0.481 e. The molecule has 0 saturated carbocycles.